The summed E-state index contributed by atoms with van der Waals surface area (Å²) in [5.41, 5.74) is 0.813. The largest absolute Gasteiger partial charge is 0.491 e. The van der Waals surface area contributed by atoms with E-state index >= 15 is 0 Å². The van der Waals surface area contributed by atoms with Gasteiger partial charge in [0.05, 0.1) is 22.7 Å². The highest BCUT2D eigenvalue weighted by molar-refractivity contribution is 6.37. The first kappa shape index (κ1) is 15.4. The molecule has 4 nitrogen and oxygen atoms in total. The third kappa shape index (κ3) is 3.36. The Morgan fingerprint density at radius 3 is 2.45 bits per heavy atom. The number of hydrogen-bond acceptors (Lipinski definition) is 4. The van der Waals surface area contributed by atoms with Crippen LogP contribution in [0.5, 0.6) is 5.75 Å². The minimum atomic E-state index is -0.331. The lowest BCUT2D eigenvalue weighted by molar-refractivity contribution is 0.207. The van der Waals surface area contributed by atoms with Gasteiger partial charge in [-0.15, -0.1) is 0 Å². The fraction of sp³-hybridized carbons (Fsp3) is 0.500. The average Bonchev–Trinajstić information content (AvgIpc) is 2.45. The van der Waals surface area contributed by atoms with E-state index in [-0.39, 0.29) is 6.04 Å². The Hall–Kier alpha value is -0.990. The van der Waals surface area contributed by atoms with Crippen LogP contribution in [0.1, 0.15) is 18.5 Å². The number of nitriles is 1. The molecule has 2 rings (SSSR count). The maximum atomic E-state index is 9.46. The fourth-order valence-electron chi connectivity index (χ4n) is 2.33. The van der Waals surface area contributed by atoms with Gasteiger partial charge in [0.2, 0.25) is 0 Å². The summed E-state index contributed by atoms with van der Waals surface area (Å²) < 4.78 is 5.41. The van der Waals surface area contributed by atoms with Gasteiger partial charge in [-0.05, 0) is 24.6 Å². The van der Waals surface area contributed by atoms with Gasteiger partial charge in [0.15, 0.2) is 5.75 Å². The van der Waals surface area contributed by atoms with Crippen molar-refractivity contribution in [2.45, 2.75) is 13.0 Å². The van der Waals surface area contributed by atoms with Crippen LogP contribution in [0.15, 0.2) is 12.1 Å². The van der Waals surface area contributed by atoms with Crippen molar-refractivity contribution in [1.29, 1.82) is 5.26 Å². The highest BCUT2D eigenvalue weighted by Crippen LogP contribution is 2.37. The molecular weight excluding hydrogens is 297 g/mol. The van der Waals surface area contributed by atoms with Gasteiger partial charge in [0, 0.05) is 26.2 Å². The van der Waals surface area contributed by atoms with Gasteiger partial charge in [0.1, 0.15) is 6.04 Å². The van der Waals surface area contributed by atoms with Crippen LogP contribution in [0, 0.1) is 11.3 Å². The Balaban J connectivity index is 2.28. The Labute approximate surface area is 129 Å². The molecule has 1 aromatic carbocycles. The molecule has 0 aromatic heterocycles. The number of piperazine rings is 1. The number of nitrogens with one attached hydrogen (secondary N) is 1. The van der Waals surface area contributed by atoms with Gasteiger partial charge in [-0.1, -0.05) is 23.2 Å². The predicted octanol–water partition coefficient (Wildman–Crippen LogP) is 2.86. The lowest BCUT2D eigenvalue weighted by Crippen LogP contribution is -2.44. The number of ether oxygens (including phenoxy) is 1. The van der Waals surface area contributed by atoms with E-state index in [1.165, 1.54) is 0 Å². The number of rotatable bonds is 4. The predicted molar refractivity (Wildman–Crippen MR) is 80.4 cm³/mol. The quantitative estimate of drug-likeness (QED) is 0.928. The molecule has 20 heavy (non-hydrogen) atoms. The second kappa shape index (κ2) is 7.14. The van der Waals surface area contributed by atoms with E-state index in [4.69, 9.17) is 27.9 Å². The topological polar surface area (TPSA) is 48.3 Å². The summed E-state index contributed by atoms with van der Waals surface area (Å²) in [6.07, 6.45) is 0. The molecule has 0 aliphatic carbocycles. The Morgan fingerprint density at radius 1 is 1.35 bits per heavy atom. The molecule has 0 radical (unpaired) electrons. The van der Waals surface area contributed by atoms with Gasteiger partial charge in [-0.2, -0.15) is 5.26 Å². The van der Waals surface area contributed by atoms with Crippen LogP contribution < -0.4 is 10.1 Å². The summed E-state index contributed by atoms with van der Waals surface area (Å²) in [5.74, 6) is 0.483. The van der Waals surface area contributed by atoms with Gasteiger partial charge < -0.3 is 10.1 Å². The van der Waals surface area contributed by atoms with E-state index in [0.29, 0.717) is 22.4 Å². The molecule has 1 atom stereocenters. The van der Waals surface area contributed by atoms with Crippen LogP contribution in [0.4, 0.5) is 0 Å². The van der Waals surface area contributed by atoms with Crippen LogP contribution in [0.25, 0.3) is 0 Å². The summed E-state index contributed by atoms with van der Waals surface area (Å²) in [7, 11) is 0. The molecule has 0 amide bonds. The van der Waals surface area contributed by atoms with Crippen molar-refractivity contribution in [1.82, 2.24) is 10.2 Å². The fourth-order valence-corrected chi connectivity index (χ4v) is 2.94. The van der Waals surface area contributed by atoms with Crippen LogP contribution in [0.3, 0.4) is 0 Å². The molecule has 0 bridgehead atoms. The van der Waals surface area contributed by atoms with Crippen LogP contribution in [0.2, 0.25) is 10.0 Å². The summed E-state index contributed by atoms with van der Waals surface area (Å²) in [6, 6.07) is 5.55. The van der Waals surface area contributed by atoms with Gasteiger partial charge in [-0.3, -0.25) is 4.90 Å². The van der Waals surface area contributed by atoms with Crippen molar-refractivity contribution >= 4 is 23.2 Å². The van der Waals surface area contributed by atoms with E-state index in [1.54, 1.807) is 12.1 Å². The molecule has 6 heteroatoms. The molecule has 1 fully saturated rings. The molecule has 1 heterocycles. The number of nitrogens with zero attached hydrogens (tertiary/aromatic N) is 2. The highest BCUT2D eigenvalue weighted by atomic mass is 35.5. The molecule has 0 saturated carbocycles. The zero-order valence-corrected chi connectivity index (χ0v) is 12.8. The minimum Gasteiger partial charge on any atom is -0.491 e. The first-order valence-corrected chi connectivity index (χ1v) is 7.39. The first-order chi connectivity index (χ1) is 9.67. The van der Waals surface area contributed by atoms with Crippen LogP contribution in [-0.4, -0.2) is 37.7 Å². The summed E-state index contributed by atoms with van der Waals surface area (Å²) in [4.78, 5) is 2.12. The van der Waals surface area contributed by atoms with E-state index in [1.807, 2.05) is 6.92 Å². The third-order valence-corrected chi connectivity index (χ3v) is 3.83. The van der Waals surface area contributed by atoms with Gasteiger partial charge in [0.25, 0.3) is 0 Å². The first-order valence-electron chi connectivity index (χ1n) is 6.63. The van der Waals surface area contributed by atoms with Crippen molar-refractivity contribution in [2.24, 2.45) is 0 Å². The summed E-state index contributed by atoms with van der Waals surface area (Å²) >= 11 is 12.4. The van der Waals surface area contributed by atoms with Crippen molar-refractivity contribution in [3.8, 4) is 11.8 Å². The van der Waals surface area contributed by atoms with Crippen molar-refractivity contribution < 1.29 is 4.74 Å². The minimum absolute atomic E-state index is 0.331. The SMILES string of the molecule is CCOc1c(Cl)cc(C(C#N)N2CCNCC2)cc1Cl. The highest BCUT2D eigenvalue weighted by Gasteiger charge is 2.23. The second-order valence-electron chi connectivity index (χ2n) is 4.56. The van der Waals surface area contributed by atoms with E-state index < -0.39 is 0 Å². The number of halogens is 2. The van der Waals surface area contributed by atoms with Crippen LogP contribution in [-0.2, 0) is 0 Å². The number of benzene rings is 1. The Kier molecular flexibility index (Phi) is 5.50. The van der Waals surface area contributed by atoms with Crippen molar-refractivity contribution in [3.05, 3.63) is 27.7 Å². The Morgan fingerprint density at radius 2 is 1.95 bits per heavy atom. The van der Waals surface area contributed by atoms with Gasteiger partial charge in [-0.25, -0.2) is 0 Å². The molecule has 1 aliphatic rings. The van der Waals surface area contributed by atoms with Crippen molar-refractivity contribution in [3.63, 3.8) is 0 Å². The molecule has 1 aromatic rings. The molecule has 1 unspecified atom stereocenters. The van der Waals surface area contributed by atoms with Gasteiger partial charge >= 0.3 is 0 Å². The molecule has 1 aliphatic heterocycles. The molecule has 0 spiro atoms. The molecule has 108 valence electrons. The normalized spacial score (nSPS) is 17.5. The lowest BCUT2D eigenvalue weighted by Gasteiger charge is -2.31. The van der Waals surface area contributed by atoms with E-state index in [2.05, 4.69) is 16.3 Å². The average molecular weight is 314 g/mol. The maximum Gasteiger partial charge on any atom is 0.156 e. The molecule has 1 N–H and O–H groups in total. The second-order valence-corrected chi connectivity index (χ2v) is 5.38. The Bertz CT molecular complexity index is 487. The maximum absolute atomic E-state index is 9.46. The monoisotopic (exact) mass is 313 g/mol. The summed E-state index contributed by atoms with van der Waals surface area (Å²) in [5, 5.41) is 13.6. The molecule has 1 saturated heterocycles. The summed E-state index contributed by atoms with van der Waals surface area (Å²) in [6.45, 7) is 5.81. The lowest BCUT2D eigenvalue weighted by atomic mass is 10.1. The smallest absolute Gasteiger partial charge is 0.156 e. The van der Waals surface area contributed by atoms with Crippen molar-refractivity contribution in [2.75, 3.05) is 32.8 Å². The zero-order chi connectivity index (χ0) is 14.5. The third-order valence-electron chi connectivity index (χ3n) is 3.26. The zero-order valence-electron chi connectivity index (χ0n) is 11.3. The van der Waals surface area contributed by atoms with Crippen LogP contribution >= 0.6 is 23.2 Å². The molecular formula is C14H17Cl2N3O. The van der Waals surface area contributed by atoms with E-state index in [9.17, 15) is 5.26 Å². The number of hydrogen-bond donors (Lipinski definition) is 1. The van der Waals surface area contributed by atoms with E-state index in [0.717, 1.165) is 31.7 Å². The standard InChI is InChI=1S/C14H17Cl2N3O/c1-2-20-14-11(15)7-10(8-12(14)16)13(9-17)19-5-3-18-4-6-19/h7-8,13,18H,2-6H2,1H3.